The molecule has 0 aliphatic rings. The summed E-state index contributed by atoms with van der Waals surface area (Å²) < 4.78 is 30.5. The largest absolute Gasteiger partial charge is 0.415 e. The highest BCUT2D eigenvalue weighted by Gasteiger charge is 2.15. The van der Waals surface area contributed by atoms with Crippen LogP contribution in [0.5, 0.6) is 5.88 Å². The van der Waals surface area contributed by atoms with E-state index in [0.29, 0.717) is 22.8 Å². The minimum absolute atomic E-state index is 0.0357. The Bertz CT molecular complexity index is 1050. The van der Waals surface area contributed by atoms with Crippen molar-refractivity contribution in [2.24, 2.45) is 0 Å². The van der Waals surface area contributed by atoms with Gasteiger partial charge in [0.25, 0.3) is 0 Å². The first-order chi connectivity index (χ1) is 13.1. The molecule has 10 heteroatoms. The summed E-state index contributed by atoms with van der Waals surface area (Å²) in [6.07, 6.45) is 3.17. The normalized spacial score (nSPS) is 12.4. The molecule has 0 saturated carbocycles. The second-order valence-electron chi connectivity index (χ2n) is 5.76. The van der Waals surface area contributed by atoms with Gasteiger partial charge in [-0.3, -0.25) is 5.10 Å². The highest BCUT2D eigenvalue weighted by Crippen LogP contribution is 2.23. The third-order valence-electron chi connectivity index (χ3n) is 3.98. The molecule has 0 spiro atoms. The minimum atomic E-state index is -2.94. The van der Waals surface area contributed by atoms with Gasteiger partial charge in [-0.1, -0.05) is 30.3 Å². The molecule has 4 rings (SSSR count). The Kier molecular flexibility index (Phi) is 4.37. The summed E-state index contributed by atoms with van der Waals surface area (Å²) >= 11 is 0. The zero-order valence-electron chi connectivity index (χ0n) is 14.2. The molecule has 2 N–H and O–H groups in total. The molecule has 138 valence electrons. The maximum atomic E-state index is 12.2. The number of hydrogen-bond donors (Lipinski definition) is 2. The van der Waals surface area contributed by atoms with Crippen molar-refractivity contribution in [1.29, 1.82) is 0 Å². The number of nitrogens with zero attached hydrogens (tertiary/aromatic N) is 5. The highest BCUT2D eigenvalue weighted by atomic mass is 19.3. The van der Waals surface area contributed by atoms with E-state index < -0.39 is 6.61 Å². The van der Waals surface area contributed by atoms with E-state index in [1.54, 1.807) is 10.9 Å². The van der Waals surface area contributed by atoms with E-state index in [-0.39, 0.29) is 11.9 Å². The predicted octanol–water partition coefficient (Wildman–Crippen LogP) is 3.50. The number of hydrogen-bond acceptors (Lipinski definition) is 6. The number of halogens is 2. The average Bonchev–Trinajstić information content (AvgIpc) is 3.28. The summed E-state index contributed by atoms with van der Waals surface area (Å²) in [6.45, 7) is -0.919. The zero-order chi connectivity index (χ0) is 18.8. The summed E-state index contributed by atoms with van der Waals surface area (Å²) in [4.78, 5) is 8.87. The van der Waals surface area contributed by atoms with E-state index in [0.717, 1.165) is 5.56 Å². The monoisotopic (exact) mass is 371 g/mol. The highest BCUT2D eigenvalue weighted by molar-refractivity contribution is 5.72. The third kappa shape index (κ3) is 3.54. The molecule has 0 unspecified atom stereocenters. The Morgan fingerprint density at radius 2 is 2.00 bits per heavy atom. The van der Waals surface area contributed by atoms with Crippen LogP contribution >= 0.6 is 0 Å². The van der Waals surface area contributed by atoms with Crippen molar-refractivity contribution in [3.63, 3.8) is 0 Å². The Hall–Kier alpha value is -3.56. The number of rotatable bonds is 6. The van der Waals surface area contributed by atoms with Crippen LogP contribution < -0.4 is 10.1 Å². The Morgan fingerprint density at radius 1 is 1.19 bits per heavy atom. The number of H-pyrrole nitrogens is 1. The second-order valence-corrected chi connectivity index (χ2v) is 5.76. The molecule has 8 nitrogen and oxygen atoms in total. The number of ether oxygens (including phenoxy) is 1. The molecule has 0 fully saturated rings. The van der Waals surface area contributed by atoms with E-state index in [1.165, 1.54) is 12.3 Å². The second kappa shape index (κ2) is 6.98. The first-order valence-corrected chi connectivity index (χ1v) is 8.12. The fraction of sp³-hybridized carbons (Fsp3) is 0.176. The summed E-state index contributed by atoms with van der Waals surface area (Å²) in [6, 6.07) is 11.2. The van der Waals surface area contributed by atoms with E-state index in [9.17, 15) is 8.78 Å². The number of nitrogens with one attached hydrogen (secondary N) is 2. The van der Waals surface area contributed by atoms with Gasteiger partial charge in [0.05, 0.1) is 18.4 Å². The van der Waals surface area contributed by atoms with Gasteiger partial charge in [-0.2, -0.15) is 13.9 Å². The lowest BCUT2D eigenvalue weighted by molar-refractivity contribution is -0.0528. The van der Waals surface area contributed by atoms with Crippen molar-refractivity contribution in [3.8, 4) is 5.88 Å². The van der Waals surface area contributed by atoms with E-state index in [2.05, 4.69) is 35.3 Å². The Balaban J connectivity index is 1.61. The van der Waals surface area contributed by atoms with Crippen LogP contribution in [0.2, 0.25) is 0 Å². The van der Waals surface area contributed by atoms with Gasteiger partial charge in [-0.15, -0.1) is 5.10 Å². The van der Waals surface area contributed by atoms with Gasteiger partial charge in [0.2, 0.25) is 5.88 Å². The van der Waals surface area contributed by atoms with Crippen LogP contribution in [-0.4, -0.2) is 36.6 Å². The van der Waals surface area contributed by atoms with Crippen molar-refractivity contribution in [1.82, 2.24) is 29.9 Å². The van der Waals surface area contributed by atoms with Crippen LogP contribution in [0.1, 0.15) is 18.5 Å². The molecule has 0 aliphatic heterocycles. The first-order valence-electron chi connectivity index (χ1n) is 8.12. The molecule has 0 radical (unpaired) electrons. The van der Waals surface area contributed by atoms with Gasteiger partial charge in [0.1, 0.15) is 11.3 Å². The lowest BCUT2D eigenvalue weighted by atomic mass is 10.1. The van der Waals surface area contributed by atoms with Gasteiger partial charge < -0.3 is 10.1 Å². The molecule has 4 aromatic rings. The molecular weight excluding hydrogens is 356 g/mol. The molecule has 0 aliphatic carbocycles. The van der Waals surface area contributed by atoms with Crippen LogP contribution in [-0.2, 0) is 0 Å². The molecular formula is C17H15F2N7O. The maximum Gasteiger partial charge on any atom is 0.388 e. The van der Waals surface area contributed by atoms with Crippen LogP contribution in [0.25, 0.3) is 11.2 Å². The molecule has 0 amide bonds. The molecule has 0 saturated heterocycles. The standard InChI is InChI=1S/C17H15F2N7O/c1-10(11-5-3-2-4-6-11)26-16-12(8-21-26)20-9-14(23-16)22-13-7-15(25-24-13)27-17(18)19/h2-10,17H,1H3,(H2,22,23,24,25)/t10-/m0/s1. The number of benzene rings is 1. The number of aromatic nitrogens is 6. The number of aromatic amines is 1. The molecule has 3 heterocycles. The summed E-state index contributed by atoms with van der Waals surface area (Å²) in [5, 5.41) is 13.5. The van der Waals surface area contributed by atoms with Gasteiger partial charge in [-0.05, 0) is 12.5 Å². The number of anilines is 2. The van der Waals surface area contributed by atoms with Crippen molar-refractivity contribution >= 4 is 22.8 Å². The van der Waals surface area contributed by atoms with E-state index >= 15 is 0 Å². The van der Waals surface area contributed by atoms with Crippen LogP contribution in [0, 0.1) is 0 Å². The fourth-order valence-electron chi connectivity index (χ4n) is 2.69. The zero-order valence-corrected chi connectivity index (χ0v) is 14.2. The smallest absolute Gasteiger partial charge is 0.388 e. The van der Waals surface area contributed by atoms with Crippen molar-refractivity contribution in [3.05, 3.63) is 54.4 Å². The molecule has 1 atom stereocenters. The van der Waals surface area contributed by atoms with Gasteiger partial charge in [-0.25, -0.2) is 14.6 Å². The SMILES string of the molecule is C[C@@H](c1ccccc1)n1ncc2ncc(Nc3cc(OC(F)F)n[nH]3)nc21. The van der Waals surface area contributed by atoms with Crippen LogP contribution in [0.4, 0.5) is 20.4 Å². The molecule has 3 aromatic heterocycles. The lowest BCUT2D eigenvalue weighted by Crippen LogP contribution is -2.09. The average molecular weight is 371 g/mol. The predicted molar refractivity (Wildman–Crippen MR) is 94.1 cm³/mol. The molecule has 27 heavy (non-hydrogen) atoms. The van der Waals surface area contributed by atoms with Gasteiger partial charge >= 0.3 is 6.61 Å². The lowest BCUT2D eigenvalue weighted by Gasteiger charge is -2.13. The number of fused-ring (bicyclic) bond motifs is 1. The first kappa shape index (κ1) is 16.9. The Labute approximate surface area is 152 Å². The minimum Gasteiger partial charge on any atom is -0.415 e. The van der Waals surface area contributed by atoms with Crippen LogP contribution in [0.3, 0.4) is 0 Å². The summed E-state index contributed by atoms with van der Waals surface area (Å²) in [5.41, 5.74) is 2.33. The van der Waals surface area contributed by atoms with Crippen molar-refractivity contribution in [2.75, 3.05) is 5.32 Å². The third-order valence-corrected chi connectivity index (χ3v) is 3.98. The van der Waals surface area contributed by atoms with Crippen molar-refractivity contribution in [2.45, 2.75) is 19.6 Å². The van der Waals surface area contributed by atoms with Crippen molar-refractivity contribution < 1.29 is 13.5 Å². The number of alkyl halides is 2. The molecule has 0 bridgehead atoms. The Morgan fingerprint density at radius 3 is 2.78 bits per heavy atom. The quantitative estimate of drug-likeness (QED) is 0.539. The fourth-order valence-corrected chi connectivity index (χ4v) is 2.69. The summed E-state index contributed by atoms with van der Waals surface area (Å²) in [5.74, 6) is 0.544. The maximum absolute atomic E-state index is 12.2. The summed E-state index contributed by atoms with van der Waals surface area (Å²) in [7, 11) is 0. The molecule has 1 aromatic carbocycles. The van der Waals surface area contributed by atoms with E-state index in [4.69, 9.17) is 0 Å². The van der Waals surface area contributed by atoms with Gasteiger partial charge in [0.15, 0.2) is 11.5 Å². The topological polar surface area (TPSA) is 93.5 Å². The van der Waals surface area contributed by atoms with Crippen LogP contribution in [0.15, 0.2) is 48.8 Å². The van der Waals surface area contributed by atoms with E-state index in [1.807, 2.05) is 37.3 Å². The van der Waals surface area contributed by atoms with Gasteiger partial charge in [0, 0.05) is 6.07 Å².